The average Bonchev–Trinajstić information content (AvgIpc) is 3.34. The van der Waals surface area contributed by atoms with Crippen molar-refractivity contribution in [1.82, 2.24) is 9.88 Å². The van der Waals surface area contributed by atoms with Crippen molar-refractivity contribution < 1.29 is 9.53 Å². The molecule has 0 fully saturated rings. The number of nitrogens with zero attached hydrogens (tertiary/aromatic N) is 1. The van der Waals surface area contributed by atoms with Gasteiger partial charge in [-0.15, -0.1) is 0 Å². The summed E-state index contributed by atoms with van der Waals surface area (Å²) in [6.07, 6.45) is 5.19. The molecule has 3 rings (SSSR count). The van der Waals surface area contributed by atoms with Gasteiger partial charge < -0.3 is 14.6 Å². The summed E-state index contributed by atoms with van der Waals surface area (Å²) in [5.41, 5.74) is 2.27. The maximum absolute atomic E-state index is 12.4. The number of para-hydroxylation sites is 1. The second-order valence-electron chi connectivity index (χ2n) is 5.82. The number of rotatable bonds is 8. The van der Waals surface area contributed by atoms with Crippen LogP contribution in [-0.2, 0) is 11.2 Å². The highest BCUT2D eigenvalue weighted by molar-refractivity contribution is 7.08. The zero-order chi connectivity index (χ0) is 17.5. The van der Waals surface area contributed by atoms with Gasteiger partial charge in [-0.1, -0.05) is 18.2 Å². The SMILES string of the molecule is COc1ccccc1CCNC(=O)CC(c1ccsc1)n1cccc1. The molecule has 130 valence electrons. The molecule has 2 heterocycles. The Labute approximate surface area is 152 Å². The van der Waals surface area contributed by atoms with Gasteiger partial charge in [0.25, 0.3) is 0 Å². The topological polar surface area (TPSA) is 43.3 Å². The van der Waals surface area contributed by atoms with Gasteiger partial charge in [-0.3, -0.25) is 4.79 Å². The summed E-state index contributed by atoms with van der Waals surface area (Å²) < 4.78 is 7.44. The number of hydrogen-bond acceptors (Lipinski definition) is 3. The van der Waals surface area contributed by atoms with Gasteiger partial charge in [0.15, 0.2) is 0 Å². The van der Waals surface area contributed by atoms with E-state index in [9.17, 15) is 4.79 Å². The van der Waals surface area contributed by atoms with E-state index in [1.54, 1.807) is 18.4 Å². The molecule has 0 bridgehead atoms. The molecule has 1 unspecified atom stereocenters. The van der Waals surface area contributed by atoms with E-state index < -0.39 is 0 Å². The molecular weight excluding hydrogens is 332 g/mol. The molecule has 5 heteroatoms. The number of ether oxygens (including phenoxy) is 1. The zero-order valence-corrected chi connectivity index (χ0v) is 15.0. The van der Waals surface area contributed by atoms with Crippen LogP contribution >= 0.6 is 11.3 Å². The van der Waals surface area contributed by atoms with Crippen molar-refractivity contribution in [3.63, 3.8) is 0 Å². The fraction of sp³-hybridized carbons (Fsp3) is 0.250. The van der Waals surface area contributed by atoms with Gasteiger partial charge >= 0.3 is 0 Å². The van der Waals surface area contributed by atoms with E-state index in [0.29, 0.717) is 13.0 Å². The van der Waals surface area contributed by atoms with Crippen LogP contribution in [0.1, 0.15) is 23.6 Å². The summed E-state index contributed by atoms with van der Waals surface area (Å²) in [6.45, 7) is 0.598. The number of amides is 1. The normalized spacial score (nSPS) is 11.9. The predicted molar refractivity (Wildman–Crippen MR) is 101 cm³/mol. The van der Waals surface area contributed by atoms with E-state index in [4.69, 9.17) is 4.74 Å². The minimum Gasteiger partial charge on any atom is -0.496 e. The number of hydrogen-bond donors (Lipinski definition) is 1. The summed E-state index contributed by atoms with van der Waals surface area (Å²) in [6, 6.07) is 14.0. The molecule has 1 N–H and O–H groups in total. The monoisotopic (exact) mass is 354 g/mol. The highest BCUT2D eigenvalue weighted by atomic mass is 32.1. The second-order valence-corrected chi connectivity index (χ2v) is 6.60. The van der Waals surface area contributed by atoms with E-state index in [1.165, 1.54) is 5.56 Å². The van der Waals surface area contributed by atoms with Crippen LogP contribution < -0.4 is 10.1 Å². The predicted octanol–water partition coefficient (Wildman–Crippen LogP) is 3.90. The Balaban J connectivity index is 1.57. The van der Waals surface area contributed by atoms with Crippen molar-refractivity contribution in [3.05, 3.63) is 76.7 Å². The fourth-order valence-electron chi connectivity index (χ4n) is 2.91. The third-order valence-electron chi connectivity index (χ3n) is 4.20. The van der Waals surface area contributed by atoms with Crippen LogP contribution in [0.25, 0.3) is 0 Å². The highest BCUT2D eigenvalue weighted by Crippen LogP contribution is 2.24. The van der Waals surface area contributed by atoms with Crippen LogP contribution in [0.2, 0.25) is 0 Å². The molecule has 1 amide bonds. The Bertz CT molecular complexity index is 748. The summed E-state index contributed by atoms with van der Waals surface area (Å²) in [7, 11) is 1.67. The molecule has 3 aromatic rings. The smallest absolute Gasteiger partial charge is 0.222 e. The average molecular weight is 354 g/mol. The Morgan fingerprint density at radius 2 is 2.00 bits per heavy atom. The summed E-state index contributed by atoms with van der Waals surface area (Å²) in [4.78, 5) is 12.4. The first-order valence-electron chi connectivity index (χ1n) is 8.31. The van der Waals surface area contributed by atoms with Crippen LogP contribution in [0.5, 0.6) is 5.75 Å². The molecule has 1 atom stereocenters. The van der Waals surface area contributed by atoms with Gasteiger partial charge in [-0.2, -0.15) is 11.3 Å². The van der Waals surface area contributed by atoms with Crippen LogP contribution in [0.15, 0.2) is 65.6 Å². The minimum absolute atomic E-state index is 0.0347. The number of carbonyl (C=O) groups excluding carboxylic acids is 1. The van der Waals surface area contributed by atoms with Crippen molar-refractivity contribution in [2.24, 2.45) is 0 Å². The lowest BCUT2D eigenvalue weighted by atomic mass is 10.1. The molecule has 4 nitrogen and oxygen atoms in total. The molecule has 0 saturated heterocycles. The number of nitrogens with one attached hydrogen (secondary N) is 1. The quantitative estimate of drug-likeness (QED) is 0.667. The number of aromatic nitrogens is 1. The van der Waals surface area contributed by atoms with Crippen LogP contribution in [0, 0.1) is 0 Å². The maximum atomic E-state index is 12.4. The zero-order valence-electron chi connectivity index (χ0n) is 14.2. The van der Waals surface area contributed by atoms with Gasteiger partial charge in [0.05, 0.1) is 19.6 Å². The third-order valence-corrected chi connectivity index (χ3v) is 4.90. The summed E-state index contributed by atoms with van der Waals surface area (Å²) >= 11 is 1.65. The fourth-order valence-corrected chi connectivity index (χ4v) is 3.62. The Kier molecular flexibility index (Phi) is 5.90. The molecule has 1 aromatic carbocycles. The van der Waals surface area contributed by atoms with Gasteiger partial charge in [-0.25, -0.2) is 0 Å². The maximum Gasteiger partial charge on any atom is 0.222 e. The van der Waals surface area contributed by atoms with Gasteiger partial charge in [0.2, 0.25) is 5.91 Å². The first-order valence-corrected chi connectivity index (χ1v) is 9.25. The molecule has 0 spiro atoms. The number of benzene rings is 1. The molecule has 0 aliphatic rings. The lowest BCUT2D eigenvalue weighted by Gasteiger charge is -2.18. The molecular formula is C20H22N2O2S. The lowest BCUT2D eigenvalue weighted by Crippen LogP contribution is -2.28. The number of methoxy groups -OCH3 is 1. The minimum atomic E-state index is 0.0347. The van der Waals surface area contributed by atoms with Crippen LogP contribution in [0.3, 0.4) is 0 Å². The molecule has 2 aromatic heterocycles. The van der Waals surface area contributed by atoms with E-state index in [0.717, 1.165) is 17.7 Å². The van der Waals surface area contributed by atoms with Gasteiger partial charge in [0, 0.05) is 18.9 Å². The lowest BCUT2D eigenvalue weighted by molar-refractivity contribution is -0.121. The Hall–Kier alpha value is -2.53. The number of carbonyl (C=O) groups is 1. The van der Waals surface area contributed by atoms with Crippen molar-refractivity contribution in [2.75, 3.05) is 13.7 Å². The molecule has 25 heavy (non-hydrogen) atoms. The van der Waals surface area contributed by atoms with E-state index >= 15 is 0 Å². The Morgan fingerprint density at radius 3 is 2.72 bits per heavy atom. The van der Waals surface area contributed by atoms with Crippen LogP contribution in [-0.4, -0.2) is 24.1 Å². The van der Waals surface area contributed by atoms with Crippen molar-refractivity contribution >= 4 is 17.2 Å². The first kappa shape index (κ1) is 17.3. The van der Waals surface area contributed by atoms with Crippen molar-refractivity contribution in [3.8, 4) is 5.75 Å². The third kappa shape index (κ3) is 4.51. The van der Waals surface area contributed by atoms with E-state index in [-0.39, 0.29) is 11.9 Å². The summed E-state index contributed by atoms with van der Waals surface area (Å²) in [5, 5.41) is 7.18. The standard InChI is InChI=1S/C20H22N2O2S/c1-24-19-7-3-2-6-16(19)8-10-21-20(23)14-18(17-9-13-25-15-17)22-11-4-5-12-22/h2-7,9,11-13,15,18H,8,10,14H2,1H3,(H,21,23). The molecule has 0 radical (unpaired) electrons. The van der Waals surface area contributed by atoms with Gasteiger partial charge in [-0.05, 0) is 52.6 Å². The van der Waals surface area contributed by atoms with Gasteiger partial charge in [0.1, 0.15) is 5.75 Å². The summed E-state index contributed by atoms with van der Waals surface area (Å²) in [5.74, 6) is 0.917. The number of thiophene rings is 1. The molecule has 0 aliphatic carbocycles. The van der Waals surface area contributed by atoms with Crippen molar-refractivity contribution in [2.45, 2.75) is 18.9 Å². The largest absolute Gasteiger partial charge is 0.496 e. The Morgan fingerprint density at radius 1 is 1.20 bits per heavy atom. The first-order chi connectivity index (χ1) is 12.3. The van der Waals surface area contributed by atoms with Crippen LogP contribution in [0.4, 0.5) is 0 Å². The molecule has 0 saturated carbocycles. The van der Waals surface area contributed by atoms with E-state index in [1.807, 2.05) is 54.2 Å². The second kappa shape index (κ2) is 8.53. The molecule has 0 aliphatic heterocycles. The highest BCUT2D eigenvalue weighted by Gasteiger charge is 2.17. The van der Waals surface area contributed by atoms with E-state index in [2.05, 4.69) is 21.3 Å². The van der Waals surface area contributed by atoms with Crippen molar-refractivity contribution in [1.29, 1.82) is 0 Å².